The Bertz CT molecular complexity index is 619. The first-order valence-corrected chi connectivity index (χ1v) is 5.80. The zero-order chi connectivity index (χ0) is 14.5. The summed E-state index contributed by atoms with van der Waals surface area (Å²) in [5.41, 5.74) is 1.58. The van der Waals surface area contributed by atoms with Gasteiger partial charge < -0.3 is 15.2 Å². The van der Waals surface area contributed by atoms with E-state index in [1.807, 2.05) is 12.1 Å². The predicted molar refractivity (Wildman–Crippen MR) is 71.5 cm³/mol. The Kier molecular flexibility index (Phi) is 3.99. The van der Waals surface area contributed by atoms with Crippen LogP contribution in [0, 0.1) is 0 Å². The maximum absolute atomic E-state index is 11.3. The molecule has 3 N–H and O–H groups in total. The lowest BCUT2D eigenvalue weighted by Gasteiger charge is -2.00. The average molecular weight is 275 g/mol. The number of nitrogens with zero attached hydrogens (tertiary/aromatic N) is 1. The van der Waals surface area contributed by atoms with Gasteiger partial charge in [-0.25, -0.2) is 0 Å². The van der Waals surface area contributed by atoms with Crippen LogP contribution in [-0.4, -0.2) is 34.3 Å². The zero-order valence-electron chi connectivity index (χ0n) is 10.7. The van der Waals surface area contributed by atoms with Crippen LogP contribution in [0.5, 0.6) is 5.75 Å². The van der Waals surface area contributed by atoms with Gasteiger partial charge in [0, 0.05) is 6.07 Å². The molecule has 0 spiro atoms. The topological polar surface area (TPSA) is 104 Å². The van der Waals surface area contributed by atoms with Crippen LogP contribution in [0.4, 0.5) is 5.82 Å². The minimum Gasteiger partial charge on any atom is -0.497 e. The zero-order valence-corrected chi connectivity index (χ0v) is 10.7. The second kappa shape index (κ2) is 5.87. The number of carbonyl (C=O) groups excluding carboxylic acids is 1. The van der Waals surface area contributed by atoms with Crippen molar-refractivity contribution in [1.82, 2.24) is 10.2 Å². The first kappa shape index (κ1) is 13.6. The average Bonchev–Trinajstić information content (AvgIpc) is 2.86. The van der Waals surface area contributed by atoms with Crippen molar-refractivity contribution in [2.75, 3.05) is 12.4 Å². The van der Waals surface area contributed by atoms with Crippen molar-refractivity contribution in [1.29, 1.82) is 0 Å². The van der Waals surface area contributed by atoms with E-state index in [-0.39, 0.29) is 5.82 Å². The van der Waals surface area contributed by atoms with Gasteiger partial charge in [-0.15, -0.1) is 0 Å². The van der Waals surface area contributed by atoms with Gasteiger partial charge in [-0.1, -0.05) is 0 Å². The third-order valence-electron chi connectivity index (χ3n) is 2.56. The molecular weight excluding hydrogens is 262 g/mol. The van der Waals surface area contributed by atoms with Gasteiger partial charge in [0.2, 0.25) is 5.91 Å². The molecular formula is C13H13N3O4. The summed E-state index contributed by atoms with van der Waals surface area (Å²) in [5, 5.41) is 17.6. The molecule has 0 radical (unpaired) electrons. The summed E-state index contributed by atoms with van der Waals surface area (Å²) >= 11 is 0. The molecule has 1 aromatic carbocycles. The standard InChI is InChI=1S/C13H13N3O4/c1-20-9-4-2-8(3-5-9)10-6-11(16-15-10)14-12(17)7-13(18)19/h2-6H,7H2,1H3,(H,18,19)(H2,14,15,16,17). The lowest BCUT2D eigenvalue weighted by atomic mass is 10.1. The van der Waals surface area contributed by atoms with Crippen molar-refractivity contribution >= 4 is 17.7 Å². The Balaban J connectivity index is 2.08. The smallest absolute Gasteiger partial charge is 0.312 e. The fraction of sp³-hybridized carbons (Fsp3) is 0.154. The Hall–Kier alpha value is -2.83. The SMILES string of the molecule is COc1ccc(-c2cc(NC(=O)CC(=O)O)n[nH]2)cc1. The molecule has 2 aromatic rings. The number of benzene rings is 1. The third-order valence-corrected chi connectivity index (χ3v) is 2.56. The highest BCUT2D eigenvalue weighted by molar-refractivity contribution is 6.01. The van der Waals surface area contributed by atoms with Crippen LogP contribution in [0.1, 0.15) is 6.42 Å². The van der Waals surface area contributed by atoms with Gasteiger partial charge in [-0.3, -0.25) is 14.7 Å². The number of methoxy groups -OCH3 is 1. The monoisotopic (exact) mass is 275 g/mol. The van der Waals surface area contributed by atoms with E-state index in [1.54, 1.807) is 25.3 Å². The molecule has 20 heavy (non-hydrogen) atoms. The summed E-state index contributed by atoms with van der Waals surface area (Å²) in [6.45, 7) is 0. The van der Waals surface area contributed by atoms with Crippen molar-refractivity contribution < 1.29 is 19.4 Å². The van der Waals surface area contributed by atoms with Gasteiger partial charge in [0.25, 0.3) is 0 Å². The van der Waals surface area contributed by atoms with E-state index in [9.17, 15) is 9.59 Å². The van der Waals surface area contributed by atoms with Crippen LogP contribution in [-0.2, 0) is 9.59 Å². The summed E-state index contributed by atoms with van der Waals surface area (Å²) < 4.78 is 5.06. The van der Waals surface area contributed by atoms with Gasteiger partial charge in [0.15, 0.2) is 5.82 Å². The van der Waals surface area contributed by atoms with Gasteiger partial charge >= 0.3 is 5.97 Å². The number of rotatable bonds is 5. The minimum absolute atomic E-state index is 0.280. The van der Waals surface area contributed by atoms with Crippen molar-refractivity contribution in [2.45, 2.75) is 6.42 Å². The van der Waals surface area contributed by atoms with Gasteiger partial charge in [-0.2, -0.15) is 5.10 Å². The number of carboxylic acids is 1. The molecule has 0 aliphatic rings. The molecule has 7 heteroatoms. The van der Waals surface area contributed by atoms with E-state index in [2.05, 4.69) is 15.5 Å². The number of hydrogen-bond donors (Lipinski definition) is 3. The molecule has 0 saturated heterocycles. The Labute approximate surface area is 114 Å². The fourth-order valence-corrected chi connectivity index (χ4v) is 1.63. The van der Waals surface area contributed by atoms with Crippen LogP contribution >= 0.6 is 0 Å². The summed E-state index contributed by atoms with van der Waals surface area (Å²) in [6, 6.07) is 8.92. The highest BCUT2D eigenvalue weighted by Crippen LogP contribution is 2.22. The highest BCUT2D eigenvalue weighted by atomic mass is 16.5. The van der Waals surface area contributed by atoms with E-state index in [0.29, 0.717) is 5.69 Å². The number of aromatic nitrogens is 2. The molecule has 1 aromatic heterocycles. The molecule has 0 unspecified atom stereocenters. The van der Waals surface area contributed by atoms with Crippen LogP contribution in [0.25, 0.3) is 11.3 Å². The largest absolute Gasteiger partial charge is 0.497 e. The van der Waals surface area contributed by atoms with Crippen LogP contribution in [0.2, 0.25) is 0 Å². The summed E-state index contributed by atoms with van der Waals surface area (Å²) in [6.07, 6.45) is -0.593. The highest BCUT2D eigenvalue weighted by Gasteiger charge is 2.10. The Morgan fingerprint density at radius 1 is 1.35 bits per heavy atom. The molecule has 2 rings (SSSR count). The number of anilines is 1. The second-order valence-corrected chi connectivity index (χ2v) is 4.01. The van der Waals surface area contributed by atoms with Crippen molar-refractivity contribution in [3.05, 3.63) is 30.3 Å². The number of ether oxygens (including phenoxy) is 1. The van der Waals surface area contributed by atoms with Crippen molar-refractivity contribution in [3.8, 4) is 17.0 Å². The van der Waals surface area contributed by atoms with E-state index >= 15 is 0 Å². The lowest BCUT2D eigenvalue weighted by molar-refractivity contribution is -0.139. The number of carbonyl (C=O) groups is 2. The second-order valence-electron chi connectivity index (χ2n) is 4.01. The molecule has 0 bridgehead atoms. The molecule has 1 heterocycles. The molecule has 0 atom stereocenters. The van der Waals surface area contributed by atoms with E-state index < -0.39 is 18.3 Å². The van der Waals surface area contributed by atoms with Gasteiger partial charge in [-0.05, 0) is 29.8 Å². The number of nitrogens with one attached hydrogen (secondary N) is 2. The molecule has 1 amide bonds. The number of aromatic amines is 1. The van der Waals surface area contributed by atoms with Crippen LogP contribution < -0.4 is 10.1 Å². The van der Waals surface area contributed by atoms with Crippen molar-refractivity contribution in [3.63, 3.8) is 0 Å². The normalized spacial score (nSPS) is 10.1. The molecule has 0 saturated carbocycles. The number of H-pyrrole nitrogens is 1. The predicted octanol–water partition coefficient (Wildman–Crippen LogP) is 1.50. The minimum atomic E-state index is -1.19. The molecule has 0 aliphatic heterocycles. The first-order valence-electron chi connectivity index (χ1n) is 5.80. The molecule has 0 fully saturated rings. The summed E-state index contributed by atoms with van der Waals surface area (Å²) in [4.78, 5) is 21.7. The Morgan fingerprint density at radius 2 is 2.05 bits per heavy atom. The van der Waals surface area contributed by atoms with Crippen LogP contribution in [0.3, 0.4) is 0 Å². The van der Waals surface area contributed by atoms with Crippen LogP contribution in [0.15, 0.2) is 30.3 Å². The summed E-state index contributed by atoms with van der Waals surface area (Å²) in [5.74, 6) is -0.788. The number of carboxylic acid groups (broad SMARTS) is 1. The number of amides is 1. The number of hydrogen-bond acceptors (Lipinski definition) is 4. The summed E-state index contributed by atoms with van der Waals surface area (Å²) in [7, 11) is 1.58. The maximum atomic E-state index is 11.3. The Morgan fingerprint density at radius 3 is 2.65 bits per heavy atom. The fourth-order valence-electron chi connectivity index (χ4n) is 1.63. The van der Waals surface area contributed by atoms with E-state index in [1.165, 1.54) is 0 Å². The maximum Gasteiger partial charge on any atom is 0.312 e. The lowest BCUT2D eigenvalue weighted by Crippen LogP contribution is -2.16. The quantitative estimate of drug-likeness (QED) is 0.717. The molecule has 7 nitrogen and oxygen atoms in total. The first-order chi connectivity index (χ1) is 9.58. The molecule has 104 valence electrons. The van der Waals surface area contributed by atoms with Crippen molar-refractivity contribution in [2.24, 2.45) is 0 Å². The third kappa shape index (κ3) is 3.35. The molecule has 0 aliphatic carbocycles. The number of aliphatic carboxylic acids is 1. The van der Waals surface area contributed by atoms with Gasteiger partial charge in [0.05, 0.1) is 12.8 Å². The van der Waals surface area contributed by atoms with Gasteiger partial charge in [0.1, 0.15) is 12.2 Å². The van der Waals surface area contributed by atoms with E-state index in [4.69, 9.17) is 9.84 Å². The van der Waals surface area contributed by atoms with E-state index in [0.717, 1.165) is 11.3 Å².